The number of nitrogens with zero attached hydrogens (tertiary/aromatic N) is 1. The zero-order valence-electron chi connectivity index (χ0n) is 16.3. The maximum Gasteiger partial charge on any atom is 0.0723 e. The van der Waals surface area contributed by atoms with Crippen LogP contribution in [0.3, 0.4) is 0 Å². The molecule has 0 aliphatic heterocycles. The van der Waals surface area contributed by atoms with Crippen LogP contribution in [0.4, 0.5) is 0 Å². The molecule has 0 spiro atoms. The SMILES string of the molecule is Cc1ccccc1COC1CCCCC1c1ccccc1CN(C)C.Cl. The Labute approximate surface area is 165 Å². The summed E-state index contributed by atoms with van der Waals surface area (Å²) in [7, 11) is 4.29. The van der Waals surface area contributed by atoms with Crippen LogP contribution in [0.15, 0.2) is 48.5 Å². The molecular weight excluding hydrogens is 342 g/mol. The summed E-state index contributed by atoms with van der Waals surface area (Å²) in [6.45, 7) is 3.89. The second-order valence-electron chi connectivity index (χ2n) is 7.60. The molecule has 1 aliphatic rings. The molecule has 142 valence electrons. The van der Waals surface area contributed by atoms with Crippen molar-refractivity contribution >= 4 is 12.4 Å². The standard InChI is InChI=1S/C23H31NO.ClH/c1-18-10-4-5-12-20(18)17-25-23-15-9-8-14-22(23)21-13-7-6-11-19(21)16-24(2)3;/h4-7,10-13,22-23H,8-9,14-17H2,1-3H3;1H. The first-order chi connectivity index (χ1) is 12.1. The zero-order chi connectivity index (χ0) is 17.6. The summed E-state index contributed by atoms with van der Waals surface area (Å²) in [4.78, 5) is 2.25. The van der Waals surface area contributed by atoms with E-state index in [0.717, 1.165) is 13.2 Å². The van der Waals surface area contributed by atoms with Crippen molar-refractivity contribution in [1.29, 1.82) is 0 Å². The van der Waals surface area contributed by atoms with Crippen molar-refractivity contribution in [3.8, 4) is 0 Å². The van der Waals surface area contributed by atoms with Gasteiger partial charge >= 0.3 is 0 Å². The molecule has 2 atom stereocenters. The Morgan fingerprint density at radius 2 is 1.58 bits per heavy atom. The van der Waals surface area contributed by atoms with Crippen molar-refractivity contribution in [2.75, 3.05) is 14.1 Å². The molecule has 0 heterocycles. The second-order valence-corrected chi connectivity index (χ2v) is 7.60. The van der Waals surface area contributed by atoms with Gasteiger partial charge in [0.2, 0.25) is 0 Å². The lowest BCUT2D eigenvalue weighted by molar-refractivity contribution is 0.00150. The number of hydrogen-bond acceptors (Lipinski definition) is 2. The molecule has 1 aliphatic carbocycles. The third-order valence-electron chi connectivity index (χ3n) is 5.36. The Bertz CT molecular complexity index is 685. The van der Waals surface area contributed by atoms with Crippen LogP contribution in [0.2, 0.25) is 0 Å². The van der Waals surface area contributed by atoms with Gasteiger partial charge in [-0.3, -0.25) is 0 Å². The topological polar surface area (TPSA) is 12.5 Å². The molecule has 2 unspecified atom stereocenters. The van der Waals surface area contributed by atoms with Gasteiger partial charge < -0.3 is 9.64 Å². The monoisotopic (exact) mass is 373 g/mol. The lowest BCUT2D eigenvalue weighted by Crippen LogP contribution is -2.27. The quantitative estimate of drug-likeness (QED) is 0.641. The number of halogens is 1. The Kier molecular flexibility index (Phi) is 8.15. The van der Waals surface area contributed by atoms with Crippen molar-refractivity contribution in [2.24, 2.45) is 0 Å². The largest absolute Gasteiger partial charge is 0.373 e. The van der Waals surface area contributed by atoms with Gasteiger partial charge in [-0.25, -0.2) is 0 Å². The molecule has 1 saturated carbocycles. The van der Waals surface area contributed by atoms with E-state index in [1.165, 1.54) is 47.9 Å². The summed E-state index contributed by atoms with van der Waals surface area (Å²) in [6, 6.07) is 17.5. The number of ether oxygens (including phenoxy) is 1. The molecular formula is C23H32ClNO. The average molecular weight is 374 g/mol. The molecule has 0 radical (unpaired) electrons. The highest BCUT2D eigenvalue weighted by molar-refractivity contribution is 5.85. The zero-order valence-corrected chi connectivity index (χ0v) is 17.1. The molecule has 0 saturated heterocycles. The minimum absolute atomic E-state index is 0. The predicted octanol–water partition coefficient (Wildman–Crippen LogP) is 5.72. The molecule has 3 rings (SSSR count). The summed E-state index contributed by atoms with van der Waals surface area (Å²) in [5.74, 6) is 0.522. The molecule has 26 heavy (non-hydrogen) atoms. The van der Waals surface area contributed by atoms with Crippen molar-refractivity contribution in [1.82, 2.24) is 4.90 Å². The van der Waals surface area contributed by atoms with Gasteiger partial charge in [-0.05, 0) is 56.1 Å². The van der Waals surface area contributed by atoms with Crippen molar-refractivity contribution in [3.05, 3.63) is 70.8 Å². The van der Waals surface area contributed by atoms with Gasteiger partial charge in [-0.1, -0.05) is 61.4 Å². The van der Waals surface area contributed by atoms with Crippen LogP contribution in [0.25, 0.3) is 0 Å². The Balaban J connectivity index is 0.00000243. The fourth-order valence-electron chi connectivity index (χ4n) is 4.00. The van der Waals surface area contributed by atoms with E-state index in [9.17, 15) is 0 Å². The first-order valence-corrected chi connectivity index (χ1v) is 9.54. The van der Waals surface area contributed by atoms with Crippen LogP contribution in [-0.2, 0) is 17.9 Å². The Morgan fingerprint density at radius 1 is 0.923 bits per heavy atom. The highest BCUT2D eigenvalue weighted by Gasteiger charge is 2.28. The highest BCUT2D eigenvalue weighted by Crippen LogP contribution is 2.37. The van der Waals surface area contributed by atoms with Gasteiger partial charge in [0.05, 0.1) is 12.7 Å². The first kappa shape index (κ1) is 21.0. The molecule has 2 aromatic carbocycles. The Hall–Kier alpha value is -1.35. The van der Waals surface area contributed by atoms with Gasteiger partial charge in [-0.15, -0.1) is 12.4 Å². The van der Waals surface area contributed by atoms with Crippen molar-refractivity contribution in [3.63, 3.8) is 0 Å². The van der Waals surface area contributed by atoms with Gasteiger partial charge in [0.15, 0.2) is 0 Å². The smallest absolute Gasteiger partial charge is 0.0723 e. The number of rotatable bonds is 6. The average Bonchev–Trinajstić information content (AvgIpc) is 2.61. The summed E-state index contributed by atoms with van der Waals surface area (Å²) in [6.07, 6.45) is 5.34. The summed E-state index contributed by atoms with van der Waals surface area (Å²) in [5, 5.41) is 0. The maximum atomic E-state index is 6.46. The lowest BCUT2D eigenvalue weighted by Gasteiger charge is -2.33. The van der Waals surface area contributed by atoms with E-state index in [1.807, 2.05) is 0 Å². The van der Waals surface area contributed by atoms with Gasteiger partial charge in [0.1, 0.15) is 0 Å². The van der Waals surface area contributed by atoms with E-state index in [4.69, 9.17) is 4.74 Å². The normalized spacial score (nSPS) is 20.0. The molecule has 2 aromatic rings. The summed E-state index contributed by atoms with van der Waals surface area (Å²) in [5.41, 5.74) is 5.57. The van der Waals surface area contributed by atoms with Crippen molar-refractivity contribution < 1.29 is 4.74 Å². The molecule has 0 bridgehead atoms. The van der Waals surface area contributed by atoms with Crippen LogP contribution in [0.5, 0.6) is 0 Å². The molecule has 0 amide bonds. The third kappa shape index (κ3) is 5.33. The summed E-state index contributed by atoms with van der Waals surface area (Å²) < 4.78 is 6.46. The van der Waals surface area contributed by atoms with E-state index < -0.39 is 0 Å². The highest BCUT2D eigenvalue weighted by atomic mass is 35.5. The van der Waals surface area contributed by atoms with Crippen molar-refractivity contribution in [2.45, 2.75) is 57.8 Å². The third-order valence-corrected chi connectivity index (χ3v) is 5.36. The molecule has 0 N–H and O–H groups in total. The van der Waals surface area contributed by atoms with E-state index in [2.05, 4.69) is 74.4 Å². The first-order valence-electron chi connectivity index (χ1n) is 9.54. The number of aryl methyl sites for hydroxylation is 1. The fraction of sp³-hybridized carbons (Fsp3) is 0.478. The van der Waals surface area contributed by atoms with Crippen LogP contribution in [0, 0.1) is 6.92 Å². The van der Waals surface area contributed by atoms with E-state index in [0.29, 0.717) is 12.0 Å². The van der Waals surface area contributed by atoms with Gasteiger partial charge in [-0.2, -0.15) is 0 Å². The van der Waals surface area contributed by atoms with Crippen LogP contribution >= 0.6 is 12.4 Å². The van der Waals surface area contributed by atoms with Gasteiger partial charge in [0, 0.05) is 12.5 Å². The maximum absolute atomic E-state index is 6.46. The fourth-order valence-corrected chi connectivity index (χ4v) is 4.00. The van der Waals surface area contributed by atoms with E-state index in [-0.39, 0.29) is 12.4 Å². The number of benzene rings is 2. The van der Waals surface area contributed by atoms with Crippen LogP contribution in [0.1, 0.15) is 53.9 Å². The van der Waals surface area contributed by atoms with E-state index in [1.54, 1.807) is 0 Å². The molecule has 3 heteroatoms. The minimum atomic E-state index is 0. The Morgan fingerprint density at radius 3 is 2.31 bits per heavy atom. The predicted molar refractivity (Wildman–Crippen MR) is 112 cm³/mol. The van der Waals surface area contributed by atoms with E-state index >= 15 is 0 Å². The number of hydrogen-bond donors (Lipinski definition) is 0. The second kappa shape index (κ2) is 10.1. The molecule has 1 fully saturated rings. The molecule has 0 aromatic heterocycles. The van der Waals surface area contributed by atoms with Crippen LogP contribution < -0.4 is 0 Å². The van der Waals surface area contributed by atoms with Crippen LogP contribution in [-0.4, -0.2) is 25.1 Å². The minimum Gasteiger partial charge on any atom is -0.373 e. The molecule has 2 nitrogen and oxygen atoms in total. The van der Waals surface area contributed by atoms with Gasteiger partial charge in [0.25, 0.3) is 0 Å². The lowest BCUT2D eigenvalue weighted by atomic mass is 9.79. The summed E-state index contributed by atoms with van der Waals surface area (Å²) >= 11 is 0.